The molecular formula is C14H22N2S. The summed E-state index contributed by atoms with van der Waals surface area (Å²) in [5, 5.41) is 4.36. The molecule has 2 atom stereocenters. The molecule has 3 heteroatoms. The second-order valence-electron chi connectivity index (χ2n) is 4.67. The van der Waals surface area contributed by atoms with Gasteiger partial charge in [0.25, 0.3) is 0 Å². The highest BCUT2D eigenvalue weighted by molar-refractivity contribution is 8.00. The predicted octanol–water partition coefficient (Wildman–Crippen LogP) is 3.33. The smallest absolute Gasteiger partial charge is 0.0458 e. The lowest BCUT2D eigenvalue weighted by Crippen LogP contribution is -2.32. The monoisotopic (exact) mass is 250 g/mol. The Labute approximate surface area is 109 Å². The molecule has 0 radical (unpaired) electrons. The maximum absolute atomic E-state index is 4.29. The minimum absolute atomic E-state index is 0.471. The van der Waals surface area contributed by atoms with E-state index in [4.69, 9.17) is 0 Å². The molecule has 2 unspecified atom stereocenters. The van der Waals surface area contributed by atoms with Crippen LogP contribution in [0.3, 0.4) is 0 Å². The second kappa shape index (κ2) is 6.41. The summed E-state index contributed by atoms with van der Waals surface area (Å²) < 4.78 is 0. The van der Waals surface area contributed by atoms with Gasteiger partial charge >= 0.3 is 0 Å². The number of hydrogen-bond acceptors (Lipinski definition) is 3. The molecule has 1 aliphatic rings. The number of pyridine rings is 1. The highest BCUT2D eigenvalue weighted by atomic mass is 32.2. The van der Waals surface area contributed by atoms with Crippen molar-refractivity contribution in [3.63, 3.8) is 0 Å². The Bertz CT molecular complexity index is 348. The summed E-state index contributed by atoms with van der Waals surface area (Å²) in [6.07, 6.45) is 8.01. The summed E-state index contributed by atoms with van der Waals surface area (Å²) in [6.45, 7) is 5.40. The standard InChI is InChI=1S/C14H22N2S/c1-3-16-14(13-6-4-5-9-17-13)12-10-15-8-7-11(12)2/h7-8,10,13-14,16H,3-6,9H2,1-2H3. The topological polar surface area (TPSA) is 24.9 Å². The first-order chi connectivity index (χ1) is 8.33. The minimum Gasteiger partial charge on any atom is -0.309 e. The minimum atomic E-state index is 0.471. The molecular weight excluding hydrogens is 228 g/mol. The first-order valence-electron chi connectivity index (χ1n) is 6.58. The van der Waals surface area contributed by atoms with E-state index >= 15 is 0 Å². The maximum Gasteiger partial charge on any atom is 0.0458 e. The van der Waals surface area contributed by atoms with Crippen LogP contribution in [0.1, 0.15) is 43.4 Å². The van der Waals surface area contributed by atoms with Crippen molar-refractivity contribution < 1.29 is 0 Å². The Morgan fingerprint density at radius 2 is 2.41 bits per heavy atom. The van der Waals surface area contributed by atoms with E-state index in [2.05, 4.69) is 42.0 Å². The highest BCUT2D eigenvalue weighted by Crippen LogP contribution is 2.35. The predicted molar refractivity (Wildman–Crippen MR) is 75.5 cm³/mol. The van der Waals surface area contributed by atoms with Crippen LogP contribution in [0.15, 0.2) is 18.5 Å². The van der Waals surface area contributed by atoms with Gasteiger partial charge in [-0.1, -0.05) is 13.3 Å². The van der Waals surface area contributed by atoms with Crippen molar-refractivity contribution in [2.45, 2.75) is 44.4 Å². The third-order valence-corrected chi connectivity index (χ3v) is 4.89. The van der Waals surface area contributed by atoms with Crippen molar-refractivity contribution >= 4 is 11.8 Å². The molecule has 94 valence electrons. The SMILES string of the molecule is CCNC(c1cnccc1C)C1CCCCS1. The van der Waals surface area contributed by atoms with Crippen LogP contribution in [0, 0.1) is 6.92 Å². The Kier molecular flexibility index (Phi) is 4.86. The molecule has 1 fully saturated rings. The number of hydrogen-bond donors (Lipinski definition) is 1. The summed E-state index contributed by atoms with van der Waals surface area (Å²) in [5.41, 5.74) is 2.74. The normalized spacial score (nSPS) is 22.4. The van der Waals surface area contributed by atoms with E-state index in [0.29, 0.717) is 11.3 Å². The number of nitrogens with zero attached hydrogens (tertiary/aromatic N) is 1. The highest BCUT2D eigenvalue weighted by Gasteiger charge is 2.25. The van der Waals surface area contributed by atoms with Crippen LogP contribution in [0.2, 0.25) is 0 Å². The molecule has 1 aromatic rings. The van der Waals surface area contributed by atoms with E-state index in [1.807, 2.05) is 12.4 Å². The van der Waals surface area contributed by atoms with Gasteiger partial charge in [0, 0.05) is 23.7 Å². The molecule has 0 spiro atoms. The lowest BCUT2D eigenvalue weighted by molar-refractivity contribution is 0.488. The molecule has 17 heavy (non-hydrogen) atoms. The van der Waals surface area contributed by atoms with Crippen LogP contribution >= 0.6 is 11.8 Å². The van der Waals surface area contributed by atoms with Crippen LogP contribution in [0.25, 0.3) is 0 Å². The van der Waals surface area contributed by atoms with Crippen LogP contribution in [0.5, 0.6) is 0 Å². The van der Waals surface area contributed by atoms with Crippen molar-refractivity contribution in [2.75, 3.05) is 12.3 Å². The van der Waals surface area contributed by atoms with Gasteiger partial charge in [-0.15, -0.1) is 0 Å². The molecule has 0 saturated carbocycles. The average molecular weight is 250 g/mol. The van der Waals surface area contributed by atoms with Gasteiger partial charge in [-0.2, -0.15) is 11.8 Å². The zero-order valence-electron chi connectivity index (χ0n) is 10.8. The largest absolute Gasteiger partial charge is 0.309 e. The fraction of sp³-hybridized carbons (Fsp3) is 0.643. The van der Waals surface area contributed by atoms with Crippen molar-refractivity contribution in [1.82, 2.24) is 10.3 Å². The third-order valence-electron chi connectivity index (χ3n) is 3.43. The van der Waals surface area contributed by atoms with Gasteiger partial charge in [-0.25, -0.2) is 0 Å². The molecule has 1 aliphatic heterocycles. The fourth-order valence-corrected chi connectivity index (χ4v) is 3.93. The number of thioether (sulfide) groups is 1. The zero-order valence-corrected chi connectivity index (χ0v) is 11.6. The molecule has 2 nitrogen and oxygen atoms in total. The number of aromatic nitrogens is 1. The van der Waals surface area contributed by atoms with E-state index in [1.165, 1.54) is 36.1 Å². The summed E-state index contributed by atoms with van der Waals surface area (Å²) in [5.74, 6) is 1.31. The van der Waals surface area contributed by atoms with Gasteiger partial charge in [0.1, 0.15) is 0 Å². The lowest BCUT2D eigenvalue weighted by Gasteiger charge is -2.31. The summed E-state index contributed by atoms with van der Waals surface area (Å²) in [6, 6.07) is 2.59. The van der Waals surface area contributed by atoms with Crippen molar-refractivity contribution in [3.05, 3.63) is 29.6 Å². The molecule has 1 aromatic heterocycles. The van der Waals surface area contributed by atoms with Gasteiger partial charge in [-0.05, 0) is 49.3 Å². The van der Waals surface area contributed by atoms with Gasteiger partial charge in [-0.3, -0.25) is 4.98 Å². The van der Waals surface area contributed by atoms with Crippen LogP contribution in [-0.2, 0) is 0 Å². The molecule has 2 heterocycles. The van der Waals surface area contributed by atoms with Gasteiger partial charge < -0.3 is 5.32 Å². The maximum atomic E-state index is 4.29. The van der Waals surface area contributed by atoms with Crippen molar-refractivity contribution in [3.8, 4) is 0 Å². The number of aryl methyl sites for hydroxylation is 1. The van der Waals surface area contributed by atoms with E-state index in [-0.39, 0.29) is 0 Å². The first-order valence-corrected chi connectivity index (χ1v) is 7.63. The second-order valence-corrected chi connectivity index (χ2v) is 6.02. The average Bonchev–Trinajstić information content (AvgIpc) is 2.38. The van der Waals surface area contributed by atoms with Crippen molar-refractivity contribution in [2.24, 2.45) is 0 Å². The molecule has 0 aromatic carbocycles. The van der Waals surface area contributed by atoms with E-state index < -0.39 is 0 Å². The Hall–Kier alpha value is -0.540. The fourth-order valence-electron chi connectivity index (χ4n) is 2.49. The van der Waals surface area contributed by atoms with Gasteiger partial charge in [0.15, 0.2) is 0 Å². The quantitative estimate of drug-likeness (QED) is 0.887. The van der Waals surface area contributed by atoms with E-state index in [0.717, 1.165) is 6.54 Å². The Morgan fingerprint density at radius 1 is 1.53 bits per heavy atom. The van der Waals surface area contributed by atoms with E-state index in [9.17, 15) is 0 Å². The van der Waals surface area contributed by atoms with E-state index in [1.54, 1.807) is 0 Å². The first kappa shape index (κ1) is 12.9. The Morgan fingerprint density at radius 3 is 3.06 bits per heavy atom. The van der Waals surface area contributed by atoms with Crippen molar-refractivity contribution in [1.29, 1.82) is 0 Å². The van der Waals surface area contributed by atoms with Crippen LogP contribution in [-0.4, -0.2) is 22.5 Å². The Balaban J connectivity index is 2.18. The summed E-state index contributed by atoms with van der Waals surface area (Å²) in [4.78, 5) is 4.29. The van der Waals surface area contributed by atoms with Crippen LogP contribution < -0.4 is 5.32 Å². The van der Waals surface area contributed by atoms with Crippen LogP contribution in [0.4, 0.5) is 0 Å². The number of rotatable bonds is 4. The third kappa shape index (κ3) is 3.23. The molecule has 1 saturated heterocycles. The van der Waals surface area contributed by atoms with Gasteiger partial charge in [0.2, 0.25) is 0 Å². The number of nitrogens with one attached hydrogen (secondary N) is 1. The molecule has 0 bridgehead atoms. The zero-order chi connectivity index (χ0) is 12.1. The van der Waals surface area contributed by atoms with Gasteiger partial charge in [0.05, 0.1) is 0 Å². The molecule has 0 amide bonds. The molecule has 2 rings (SSSR count). The molecule has 0 aliphatic carbocycles. The molecule has 1 N–H and O–H groups in total. The lowest BCUT2D eigenvalue weighted by atomic mass is 9.97. The summed E-state index contributed by atoms with van der Waals surface area (Å²) in [7, 11) is 0. The summed E-state index contributed by atoms with van der Waals surface area (Å²) >= 11 is 2.12.